The Morgan fingerprint density at radius 1 is 1.27 bits per heavy atom. The van der Waals surface area contributed by atoms with Gasteiger partial charge < -0.3 is 10.1 Å². The fraction of sp³-hybridized carbons (Fsp3) is 0.611. The average Bonchev–Trinajstić information content (AvgIpc) is 2.54. The molecular weight excluding hydrogens is 372 g/mol. The van der Waals surface area contributed by atoms with Gasteiger partial charge in [0, 0.05) is 24.1 Å². The minimum Gasteiger partial charge on any atom is -0.481 e. The molecular formula is C18H30N2O4S2. The van der Waals surface area contributed by atoms with Crippen molar-refractivity contribution in [1.82, 2.24) is 5.32 Å². The molecule has 0 spiro atoms. The van der Waals surface area contributed by atoms with E-state index < -0.39 is 16.1 Å². The largest absolute Gasteiger partial charge is 0.481 e. The minimum atomic E-state index is -3.31. The number of benzene rings is 1. The van der Waals surface area contributed by atoms with Gasteiger partial charge >= 0.3 is 0 Å². The Hall–Kier alpha value is -1.41. The van der Waals surface area contributed by atoms with Crippen LogP contribution in [0.1, 0.15) is 34.1 Å². The number of thioether (sulfide) groups is 1. The first-order chi connectivity index (χ1) is 11.9. The highest BCUT2D eigenvalue weighted by Gasteiger charge is 2.19. The van der Waals surface area contributed by atoms with Gasteiger partial charge in [-0.2, -0.15) is 11.8 Å². The van der Waals surface area contributed by atoms with E-state index in [4.69, 9.17) is 4.74 Å². The second kappa shape index (κ2) is 9.50. The van der Waals surface area contributed by atoms with Gasteiger partial charge in [-0.1, -0.05) is 27.7 Å². The van der Waals surface area contributed by atoms with Crippen LogP contribution >= 0.6 is 11.8 Å². The first kappa shape index (κ1) is 22.6. The van der Waals surface area contributed by atoms with E-state index in [-0.39, 0.29) is 10.7 Å². The number of ether oxygens (including phenoxy) is 1. The lowest BCUT2D eigenvalue weighted by Gasteiger charge is -2.20. The van der Waals surface area contributed by atoms with Gasteiger partial charge in [-0.3, -0.25) is 9.10 Å². The van der Waals surface area contributed by atoms with E-state index in [9.17, 15) is 13.2 Å². The van der Waals surface area contributed by atoms with E-state index in [1.807, 2.05) is 6.92 Å². The van der Waals surface area contributed by atoms with Crippen LogP contribution in [0.25, 0.3) is 0 Å². The molecule has 1 aromatic carbocycles. The van der Waals surface area contributed by atoms with Crippen molar-refractivity contribution in [3.05, 3.63) is 24.3 Å². The topological polar surface area (TPSA) is 75.7 Å². The third-order valence-electron chi connectivity index (χ3n) is 3.58. The number of carbonyl (C=O) groups is 1. The van der Waals surface area contributed by atoms with E-state index in [1.165, 1.54) is 11.4 Å². The van der Waals surface area contributed by atoms with Gasteiger partial charge in [0.25, 0.3) is 5.91 Å². The molecule has 1 N–H and O–H groups in total. The number of amides is 1. The summed E-state index contributed by atoms with van der Waals surface area (Å²) < 4.78 is 30.2. The van der Waals surface area contributed by atoms with Crippen LogP contribution in [0.15, 0.2) is 24.3 Å². The van der Waals surface area contributed by atoms with E-state index in [0.29, 0.717) is 24.4 Å². The fourth-order valence-corrected chi connectivity index (χ4v) is 3.38. The zero-order valence-corrected chi connectivity index (χ0v) is 18.0. The molecule has 1 amide bonds. The number of carbonyl (C=O) groups excluding carboxylic acids is 1. The molecule has 1 aromatic rings. The second-order valence-electron chi connectivity index (χ2n) is 6.99. The van der Waals surface area contributed by atoms with Gasteiger partial charge in [0.2, 0.25) is 10.0 Å². The van der Waals surface area contributed by atoms with Crippen molar-refractivity contribution >= 4 is 33.4 Å². The smallest absolute Gasteiger partial charge is 0.261 e. The average molecular weight is 403 g/mol. The summed E-state index contributed by atoms with van der Waals surface area (Å²) in [5, 5.41) is 2.90. The van der Waals surface area contributed by atoms with Crippen molar-refractivity contribution < 1.29 is 17.9 Å². The molecule has 1 rings (SSSR count). The van der Waals surface area contributed by atoms with Crippen LogP contribution in [0.3, 0.4) is 0 Å². The standard InChI is InChI=1S/C18H30N2O4S2/c1-7-16(17(21)19-12-13-25-18(2,3)4)24-15-10-8-14(9-11-15)20(5)26(6,22)23/h8-11,16H,7,12-13H2,1-6H3,(H,19,21). The zero-order valence-electron chi connectivity index (χ0n) is 16.4. The molecule has 26 heavy (non-hydrogen) atoms. The van der Waals surface area contributed by atoms with Crippen LogP contribution in [0.4, 0.5) is 5.69 Å². The second-order valence-corrected chi connectivity index (χ2v) is 10.9. The summed E-state index contributed by atoms with van der Waals surface area (Å²) in [5.74, 6) is 1.24. The Balaban J connectivity index is 2.60. The molecule has 0 saturated carbocycles. The van der Waals surface area contributed by atoms with Crippen LogP contribution in [-0.2, 0) is 14.8 Å². The highest BCUT2D eigenvalue weighted by molar-refractivity contribution is 8.00. The van der Waals surface area contributed by atoms with Crippen LogP contribution in [0, 0.1) is 0 Å². The van der Waals surface area contributed by atoms with Crippen LogP contribution in [-0.4, -0.2) is 50.8 Å². The van der Waals surface area contributed by atoms with Gasteiger partial charge in [-0.25, -0.2) is 8.42 Å². The third-order valence-corrected chi connectivity index (χ3v) is 6.06. The van der Waals surface area contributed by atoms with E-state index in [2.05, 4.69) is 26.1 Å². The van der Waals surface area contributed by atoms with E-state index in [0.717, 1.165) is 12.0 Å². The molecule has 0 aromatic heterocycles. The number of sulfonamides is 1. The summed E-state index contributed by atoms with van der Waals surface area (Å²) >= 11 is 1.80. The molecule has 0 bridgehead atoms. The predicted molar refractivity (Wildman–Crippen MR) is 110 cm³/mol. The summed E-state index contributed by atoms with van der Waals surface area (Å²) in [5.41, 5.74) is 0.538. The summed E-state index contributed by atoms with van der Waals surface area (Å²) in [6.07, 6.45) is 1.11. The van der Waals surface area contributed by atoms with Crippen LogP contribution in [0.5, 0.6) is 5.75 Å². The third kappa shape index (κ3) is 7.86. The van der Waals surface area contributed by atoms with Crippen molar-refractivity contribution in [2.75, 3.05) is 29.9 Å². The maximum Gasteiger partial charge on any atom is 0.261 e. The molecule has 0 fully saturated rings. The molecule has 0 radical (unpaired) electrons. The van der Waals surface area contributed by atoms with E-state index >= 15 is 0 Å². The first-order valence-corrected chi connectivity index (χ1v) is 11.4. The van der Waals surface area contributed by atoms with Gasteiger partial charge in [0.1, 0.15) is 5.75 Å². The molecule has 6 nitrogen and oxygen atoms in total. The molecule has 0 aliphatic rings. The number of hydrogen-bond donors (Lipinski definition) is 1. The molecule has 8 heteroatoms. The summed E-state index contributed by atoms with van der Waals surface area (Å²) in [7, 11) is -1.82. The number of rotatable bonds is 9. The Kier molecular flexibility index (Phi) is 8.27. The monoisotopic (exact) mass is 402 g/mol. The van der Waals surface area contributed by atoms with Gasteiger partial charge in [-0.05, 0) is 30.7 Å². The molecule has 0 aliphatic heterocycles. The molecule has 148 valence electrons. The fourth-order valence-electron chi connectivity index (χ4n) is 2.06. The molecule has 0 aliphatic carbocycles. The van der Waals surface area contributed by atoms with Crippen molar-refractivity contribution in [3.8, 4) is 5.75 Å². The number of nitrogens with zero attached hydrogens (tertiary/aromatic N) is 1. The van der Waals surface area contributed by atoms with Crippen molar-refractivity contribution in [1.29, 1.82) is 0 Å². The summed E-state index contributed by atoms with van der Waals surface area (Å²) in [6, 6.07) is 6.65. The maximum absolute atomic E-state index is 12.3. The van der Waals surface area contributed by atoms with Crippen LogP contribution in [0.2, 0.25) is 0 Å². The van der Waals surface area contributed by atoms with Gasteiger partial charge in [-0.15, -0.1) is 0 Å². The Morgan fingerprint density at radius 2 is 1.85 bits per heavy atom. The zero-order chi connectivity index (χ0) is 20.0. The van der Waals surface area contributed by atoms with Crippen molar-refractivity contribution in [2.24, 2.45) is 0 Å². The lowest BCUT2D eigenvalue weighted by molar-refractivity contribution is -0.127. The minimum absolute atomic E-state index is 0.140. The quantitative estimate of drug-likeness (QED) is 0.643. The summed E-state index contributed by atoms with van der Waals surface area (Å²) in [4.78, 5) is 12.3. The Bertz CT molecular complexity index is 682. The normalized spacial score (nSPS) is 13.2. The first-order valence-electron chi connectivity index (χ1n) is 8.56. The van der Waals surface area contributed by atoms with Gasteiger partial charge in [0.15, 0.2) is 6.10 Å². The number of nitrogens with one attached hydrogen (secondary N) is 1. The Labute approximate surface area is 161 Å². The lowest BCUT2D eigenvalue weighted by Crippen LogP contribution is -2.39. The SMILES string of the molecule is CCC(Oc1ccc(N(C)S(C)(=O)=O)cc1)C(=O)NCCSC(C)(C)C. The lowest BCUT2D eigenvalue weighted by atomic mass is 10.2. The van der Waals surface area contributed by atoms with E-state index in [1.54, 1.807) is 36.0 Å². The predicted octanol–water partition coefficient (Wildman–Crippen LogP) is 2.89. The van der Waals surface area contributed by atoms with Crippen LogP contribution < -0.4 is 14.4 Å². The highest BCUT2D eigenvalue weighted by Crippen LogP contribution is 2.23. The van der Waals surface area contributed by atoms with Crippen molar-refractivity contribution in [3.63, 3.8) is 0 Å². The molecule has 1 atom stereocenters. The number of hydrogen-bond acceptors (Lipinski definition) is 5. The highest BCUT2D eigenvalue weighted by atomic mass is 32.2. The Morgan fingerprint density at radius 3 is 2.31 bits per heavy atom. The number of anilines is 1. The molecule has 1 unspecified atom stereocenters. The van der Waals surface area contributed by atoms with Crippen molar-refractivity contribution in [2.45, 2.75) is 45.0 Å². The molecule has 0 saturated heterocycles. The molecule has 0 heterocycles. The summed E-state index contributed by atoms with van der Waals surface area (Å²) in [6.45, 7) is 8.91. The van der Waals surface area contributed by atoms with Gasteiger partial charge in [0.05, 0.1) is 11.9 Å². The maximum atomic E-state index is 12.3.